The van der Waals surface area contributed by atoms with Crippen molar-refractivity contribution in [3.8, 4) is 16.2 Å². The molecule has 0 spiro atoms. The van der Waals surface area contributed by atoms with Crippen LogP contribution in [0.4, 0.5) is 0 Å². The fourth-order valence-corrected chi connectivity index (χ4v) is 3.80. The Morgan fingerprint density at radius 3 is 2.62 bits per heavy atom. The van der Waals surface area contributed by atoms with Crippen LogP contribution >= 0.6 is 23.1 Å². The van der Waals surface area contributed by atoms with Crippen LogP contribution in [0.5, 0.6) is 5.75 Å². The number of nitrogens with zero attached hydrogens (tertiary/aromatic N) is 1. The lowest BCUT2D eigenvalue weighted by molar-refractivity contribution is -0.136. The summed E-state index contributed by atoms with van der Waals surface area (Å²) in [5.41, 5.74) is 4.12. The number of halogens is 1. The maximum atomic E-state index is 10.6. The first-order valence-corrected chi connectivity index (χ1v) is 9.33. The number of carboxylic acids is 1. The van der Waals surface area contributed by atoms with E-state index in [-0.39, 0.29) is 6.42 Å². The van der Waals surface area contributed by atoms with Crippen molar-refractivity contribution < 1.29 is 14.6 Å². The van der Waals surface area contributed by atoms with Gasteiger partial charge in [-0.2, -0.15) is 4.37 Å². The van der Waals surface area contributed by atoms with E-state index in [0.29, 0.717) is 23.9 Å². The SMILES string of the molecule is Cc1ccccc1-c1snc(Cl)c1COc1ccc(CCC(=O)O)cc1. The Bertz CT molecular complexity index is 906. The molecular formula is C20H18ClNO3S. The Kier molecular flexibility index (Phi) is 5.91. The van der Waals surface area contributed by atoms with Crippen LogP contribution in [0.15, 0.2) is 48.5 Å². The van der Waals surface area contributed by atoms with Gasteiger partial charge < -0.3 is 9.84 Å². The van der Waals surface area contributed by atoms with E-state index in [1.54, 1.807) is 0 Å². The van der Waals surface area contributed by atoms with Crippen molar-refractivity contribution in [2.24, 2.45) is 0 Å². The topological polar surface area (TPSA) is 59.4 Å². The van der Waals surface area contributed by atoms with E-state index in [0.717, 1.165) is 27.1 Å². The number of hydrogen-bond acceptors (Lipinski definition) is 4. The smallest absolute Gasteiger partial charge is 0.303 e. The number of carbonyl (C=O) groups is 1. The second-order valence-electron chi connectivity index (χ2n) is 5.92. The van der Waals surface area contributed by atoms with Gasteiger partial charge in [0.2, 0.25) is 0 Å². The van der Waals surface area contributed by atoms with Crippen molar-refractivity contribution in [2.45, 2.75) is 26.4 Å². The highest BCUT2D eigenvalue weighted by molar-refractivity contribution is 7.10. The fraction of sp³-hybridized carbons (Fsp3) is 0.200. The highest BCUT2D eigenvalue weighted by atomic mass is 35.5. The van der Waals surface area contributed by atoms with Gasteiger partial charge >= 0.3 is 5.97 Å². The summed E-state index contributed by atoms with van der Waals surface area (Å²) in [5.74, 6) is -0.0873. The first kappa shape index (κ1) is 18.4. The maximum Gasteiger partial charge on any atom is 0.303 e. The van der Waals surface area contributed by atoms with Gasteiger partial charge in [0.25, 0.3) is 0 Å². The van der Waals surface area contributed by atoms with Gasteiger partial charge in [-0.3, -0.25) is 4.79 Å². The second-order valence-corrected chi connectivity index (χ2v) is 7.05. The predicted molar refractivity (Wildman–Crippen MR) is 104 cm³/mol. The molecule has 0 atom stereocenters. The van der Waals surface area contributed by atoms with E-state index in [2.05, 4.69) is 23.4 Å². The molecule has 2 aromatic carbocycles. The van der Waals surface area contributed by atoms with Gasteiger partial charge in [-0.05, 0) is 53.7 Å². The Morgan fingerprint density at radius 1 is 1.19 bits per heavy atom. The van der Waals surface area contributed by atoms with Gasteiger partial charge in [-0.25, -0.2) is 0 Å². The molecule has 0 aliphatic heterocycles. The molecule has 6 heteroatoms. The lowest BCUT2D eigenvalue weighted by atomic mass is 10.1. The van der Waals surface area contributed by atoms with E-state index in [4.69, 9.17) is 21.4 Å². The number of carboxylic acid groups (broad SMARTS) is 1. The molecule has 1 N–H and O–H groups in total. The molecule has 4 nitrogen and oxygen atoms in total. The zero-order valence-electron chi connectivity index (χ0n) is 14.2. The maximum absolute atomic E-state index is 10.6. The minimum absolute atomic E-state index is 0.121. The van der Waals surface area contributed by atoms with Crippen LogP contribution in [0.3, 0.4) is 0 Å². The summed E-state index contributed by atoms with van der Waals surface area (Å²) < 4.78 is 10.2. The molecule has 1 heterocycles. The standard InChI is InChI=1S/C20H18ClNO3S/c1-13-4-2-3-5-16(13)19-17(20(21)22-26-19)12-25-15-9-6-14(7-10-15)8-11-18(23)24/h2-7,9-10H,8,11-12H2,1H3,(H,23,24). The van der Waals surface area contributed by atoms with Crippen LogP contribution in [-0.4, -0.2) is 15.4 Å². The molecule has 0 aliphatic rings. The summed E-state index contributed by atoms with van der Waals surface area (Å²) in [4.78, 5) is 11.7. The largest absolute Gasteiger partial charge is 0.489 e. The van der Waals surface area contributed by atoms with E-state index < -0.39 is 5.97 Å². The first-order valence-electron chi connectivity index (χ1n) is 8.18. The van der Waals surface area contributed by atoms with Crippen LogP contribution in [0.25, 0.3) is 10.4 Å². The summed E-state index contributed by atoms with van der Waals surface area (Å²) in [7, 11) is 0. The molecule has 0 radical (unpaired) electrons. The Hall–Kier alpha value is -2.37. The minimum Gasteiger partial charge on any atom is -0.489 e. The van der Waals surface area contributed by atoms with Gasteiger partial charge in [-0.1, -0.05) is 48.0 Å². The van der Waals surface area contributed by atoms with Gasteiger partial charge in [0.05, 0.1) is 4.88 Å². The van der Waals surface area contributed by atoms with Crippen LogP contribution in [0.1, 0.15) is 23.1 Å². The quantitative estimate of drug-likeness (QED) is 0.592. The molecule has 0 unspecified atom stereocenters. The monoisotopic (exact) mass is 387 g/mol. The van der Waals surface area contributed by atoms with E-state index in [9.17, 15) is 4.79 Å². The van der Waals surface area contributed by atoms with Crippen molar-refractivity contribution in [3.05, 3.63) is 70.4 Å². The Morgan fingerprint density at radius 2 is 1.92 bits per heavy atom. The summed E-state index contributed by atoms with van der Waals surface area (Å²) >= 11 is 7.65. The van der Waals surface area contributed by atoms with Gasteiger partial charge in [0, 0.05) is 12.0 Å². The molecule has 134 valence electrons. The third-order valence-corrected chi connectivity index (χ3v) is 5.40. The average molecular weight is 388 g/mol. The van der Waals surface area contributed by atoms with Gasteiger partial charge in [0.1, 0.15) is 17.5 Å². The summed E-state index contributed by atoms with van der Waals surface area (Å²) in [6, 6.07) is 15.6. The minimum atomic E-state index is -0.798. The highest BCUT2D eigenvalue weighted by Gasteiger charge is 2.16. The Labute approximate surface area is 161 Å². The number of rotatable bonds is 7. The van der Waals surface area contributed by atoms with E-state index in [1.807, 2.05) is 36.4 Å². The first-order chi connectivity index (χ1) is 12.5. The second kappa shape index (κ2) is 8.34. The van der Waals surface area contributed by atoms with Crippen molar-refractivity contribution in [2.75, 3.05) is 0 Å². The van der Waals surface area contributed by atoms with Crippen molar-refractivity contribution >= 4 is 29.1 Å². The van der Waals surface area contributed by atoms with Crippen molar-refractivity contribution in [3.63, 3.8) is 0 Å². The summed E-state index contributed by atoms with van der Waals surface area (Å²) in [6.07, 6.45) is 0.628. The average Bonchev–Trinajstić information content (AvgIpc) is 3.00. The number of aryl methyl sites for hydroxylation is 2. The lowest BCUT2D eigenvalue weighted by Gasteiger charge is -2.09. The third kappa shape index (κ3) is 4.42. The molecule has 0 fully saturated rings. The molecule has 0 saturated carbocycles. The zero-order valence-corrected chi connectivity index (χ0v) is 15.8. The lowest BCUT2D eigenvalue weighted by Crippen LogP contribution is -1.99. The van der Waals surface area contributed by atoms with E-state index in [1.165, 1.54) is 11.5 Å². The molecule has 3 aromatic rings. The van der Waals surface area contributed by atoms with E-state index >= 15 is 0 Å². The number of aliphatic carboxylic acids is 1. The van der Waals surface area contributed by atoms with Crippen molar-refractivity contribution in [1.29, 1.82) is 0 Å². The normalized spacial score (nSPS) is 10.7. The molecule has 0 saturated heterocycles. The molecule has 0 amide bonds. The predicted octanol–water partition coefficient (Wildman–Crippen LogP) is 5.37. The van der Waals surface area contributed by atoms with Crippen molar-refractivity contribution in [1.82, 2.24) is 4.37 Å². The fourth-order valence-electron chi connectivity index (χ4n) is 2.61. The number of ether oxygens (including phenoxy) is 1. The number of aromatic nitrogens is 1. The summed E-state index contributed by atoms with van der Waals surface area (Å²) in [5, 5.41) is 9.21. The Balaban J connectivity index is 1.72. The zero-order chi connectivity index (χ0) is 18.5. The molecule has 26 heavy (non-hydrogen) atoms. The molecule has 0 bridgehead atoms. The molecule has 0 aliphatic carbocycles. The highest BCUT2D eigenvalue weighted by Crippen LogP contribution is 2.35. The van der Waals surface area contributed by atoms with Gasteiger partial charge in [-0.15, -0.1) is 0 Å². The van der Waals surface area contributed by atoms with Crippen LogP contribution in [0, 0.1) is 6.92 Å². The van der Waals surface area contributed by atoms with Gasteiger partial charge in [0.15, 0.2) is 0 Å². The van der Waals surface area contributed by atoms with Crippen LogP contribution in [0.2, 0.25) is 5.15 Å². The summed E-state index contributed by atoms with van der Waals surface area (Å²) in [6.45, 7) is 2.39. The number of hydrogen-bond donors (Lipinski definition) is 1. The molecule has 3 rings (SSSR count). The third-order valence-electron chi connectivity index (χ3n) is 4.06. The van der Waals surface area contributed by atoms with Crippen LogP contribution in [-0.2, 0) is 17.8 Å². The number of benzene rings is 2. The van der Waals surface area contributed by atoms with Crippen LogP contribution < -0.4 is 4.74 Å². The molecule has 1 aromatic heterocycles. The molecular weight excluding hydrogens is 370 g/mol.